The van der Waals surface area contributed by atoms with Crippen LogP contribution in [0.3, 0.4) is 0 Å². The van der Waals surface area contributed by atoms with Gasteiger partial charge >= 0.3 is 6.03 Å². The Balaban J connectivity index is 2.09. The van der Waals surface area contributed by atoms with E-state index in [0.29, 0.717) is 22.5 Å². The second kappa shape index (κ2) is 6.04. The number of amides is 3. The third kappa shape index (κ3) is 3.79. The van der Waals surface area contributed by atoms with Crippen LogP contribution in [0.2, 0.25) is 0 Å². The number of carbonyl (C=O) groups excluding carboxylic acids is 2. The molecule has 2 rings (SSSR count). The van der Waals surface area contributed by atoms with Crippen LogP contribution in [0.25, 0.3) is 0 Å². The first kappa shape index (κ1) is 14.5. The normalized spacial score (nSPS) is 10.0. The van der Waals surface area contributed by atoms with Gasteiger partial charge in [0, 0.05) is 16.9 Å². The first-order valence-electron chi connectivity index (χ1n) is 6.20. The molecule has 0 heterocycles. The van der Waals surface area contributed by atoms with Crippen molar-refractivity contribution >= 4 is 23.3 Å². The molecule has 0 radical (unpaired) electrons. The van der Waals surface area contributed by atoms with Gasteiger partial charge in [-0.25, -0.2) is 9.18 Å². The van der Waals surface area contributed by atoms with Crippen LogP contribution in [0.4, 0.5) is 20.6 Å². The van der Waals surface area contributed by atoms with Crippen LogP contribution in [0.5, 0.6) is 0 Å². The molecule has 6 heteroatoms. The lowest BCUT2D eigenvalue weighted by atomic mass is 10.1. The zero-order chi connectivity index (χ0) is 15.4. The van der Waals surface area contributed by atoms with Gasteiger partial charge in [0.05, 0.1) is 0 Å². The van der Waals surface area contributed by atoms with E-state index in [9.17, 15) is 14.0 Å². The summed E-state index contributed by atoms with van der Waals surface area (Å²) >= 11 is 0. The average molecular weight is 287 g/mol. The van der Waals surface area contributed by atoms with Gasteiger partial charge in [-0.05, 0) is 48.9 Å². The molecule has 0 saturated carbocycles. The Morgan fingerprint density at radius 1 is 1.00 bits per heavy atom. The average Bonchev–Trinajstić information content (AvgIpc) is 2.43. The van der Waals surface area contributed by atoms with Crippen LogP contribution in [0, 0.1) is 12.7 Å². The molecule has 3 amide bonds. The van der Waals surface area contributed by atoms with Gasteiger partial charge in [0.25, 0.3) is 5.91 Å². The molecule has 0 saturated heterocycles. The van der Waals surface area contributed by atoms with E-state index in [4.69, 9.17) is 5.73 Å². The molecule has 0 unspecified atom stereocenters. The number of nitrogens with one attached hydrogen (secondary N) is 2. The van der Waals surface area contributed by atoms with Crippen molar-refractivity contribution in [1.82, 2.24) is 0 Å². The first-order chi connectivity index (χ1) is 9.95. The molecule has 0 atom stereocenters. The maximum absolute atomic E-state index is 13.4. The second-order valence-corrected chi connectivity index (χ2v) is 4.48. The fourth-order valence-electron chi connectivity index (χ4n) is 1.72. The summed E-state index contributed by atoms with van der Waals surface area (Å²) in [4.78, 5) is 22.7. The van der Waals surface area contributed by atoms with Crippen molar-refractivity contribution in [3.63, 3.8) is 0 Å². The lowest BCUT2D eigenvalue weighted by molar-refractivity contribution is 0.102. The van der Waals surface area contributed by atoms with Gasteiger partial charge in [-0.1, -0.05) is 6.07 Å². The lowest BCUT2D eigenvalue weighted by Crippen LogP contribution is -2.19. The maximum atomic E-state index is 13.4. The van der Waals surface area contributed by atoms with Crippen molar-refractivity contribution in [2.75, 3.05) is 10.6 Å². The number of urea groups is 1. The fourth-order valence-corrected chi connectivity index (χ4v) is 1.72. The monoisotopic (exact) mass is 287 g/mol. The predicted molar refractivity (Wildman–Crippen MR) is 78.7 cm³/mol. The number of primary amides is 1. The SMILES string of the molecule is Cc1ccc(NC(=O)c2ccc(NC(N)=O)cc2)cc1F. The number of halogens is 1. The Kier molecular flexibility index (Phi) is 4.18. The van der Waals surface area contributed by atoms with Crippen LogP contribution < -0.4 is 16.4 Å². The third-order valence-corrected chi connectivity index (χ3v) is 2.84. The molecule has 2 aromatic carbocycles. The second-order valence-electron chi connectivity index (χ2n) is 4.48. The molecule has 21 heavy (non-hydrogen) atoms. The molecule has 0 aliphatic carbocycles. The van der Waals surface area contributed by atoms with Gasteiger partial charge in [0.2, 0.25) is 0 Å². The number of rotatable bonds is 3. The molecule has 0 aliphatic heterocycles. The van der Waals surface area contributed by atoms with Crippen molar-refractivity contribution in [3.05, 3.63) is 59.4 Å². The highest BCUT2D eigenvalue weighted by molar-refractivity contribution is 6.04. The van der Waals surface area contributed by atoms with Crippen LogP contribution in [-0.2, 0) is 0 Å². The first-order valence-corrected chi connectivity index (χ1v) is 6.20. The van der Waals surface area contributed by atoms with Gasteiger partial charge in [0.15, 0.2) is 0 Å². The van der Waals surface area contributed by atoms with E-state index < -0.39 is 6.03 Å². The highest BCUT2D eigenvalue weighted by Crippen LogP contribution is 2.15. The summed E-state index contributed by atoms with van der Waals surface area (Å²) in [5.41, 5.74) is 6.74. The molecule has 0 aliphatic rings. The Labute approximate surface area is 121 Å². The molecule has 5 nitrogen and oxygen atoms in total. The highest BCUT2D eigenvalue weighted by atomic mass is 19.1. The van der Waals surface area contributed by atoms with Crippen molar-refractivity contribution in [2.45, 2.75) is 6.92 Å². The zero-order valence-corrected chi connectivity index (χ0v) is 11.3. The summed E-state index contributed by atoms with van der Waals surface area (Å²) in [6.07, 6.45) is 0. The maximum Gasteiger partial charge on any atom is 0.316 e. The summed E-state index contributed by atoms with van der Waals surface area (Å²) in [7, 11) is 0. The quantitative estimate of drug-likeness (QED) is 0.811. The van der Waals surface area contributed by atoms with E-state index in [0.717, 1.165) is 0 Å². The number of benzene rings is 2. The number of hydrogen-bond donors (Lipinski definition) is 3. The molecule has 0 bridgehead atoms. The summed E-state index contributed by atoms with van der Waals surface area (Å²) in [5.74, 6) is -0.752. The number of anilines is 2. The topological polar surface area (TPSA) is 84.2 Å². The molecule has 0 fully saturated rings. The van der Waals surface area contributed by atoms with Crippen LogP contribution in [0.15, 0.2) is 42.5 Å². The number of carbonyl (C=O) groups is 2. The van der Waals surface area contributed by atoms with Crippen LogP contribution in [0.1, 0.15) is 15.9 Å². The zero-order valence-electron chi connectivity index (χ0n) is 11.3. The lowest BCUT2D eigenvalue weighted by Gasteiger charge is -2.07. The van der Waals surface area contributed by atoms with E-state index in [1.807, 2.05) is 0 Å². The minimum Gasteiger partial charge on any atom is -0.351 e. The summed E-state index contributed by atoms with van der Waals surface area (Å²) < 4.78 is 13.4. The van der Waals surface area contributed by atoms with Gasteiger partial charge in [0.1, 0.15) is 5.82 Å². The molecule has 2 aromatic rings. The van der Waals surface area contributed by atoms with Gasteiger partial charge < -0.3 is 16.4 Å². The van der Waals surface area contributed by atoms with Gasteiger partial charge in [-0.2, -0.15) is 0 Å². The number of nitrogens with two attached hydrogens (primary N) is 1. The van der Waals surface area contributed by atoms with Crippen molar-refractivity contribution < 1.29 is 14.0 Å². The van der Waals surface area contributed by atoms with Crippen LogP contribution >= 0.6 is 0 Å². The molecular weight excluding hydrogens is 273 g/mol. The summed E-state index contributed by atoms with van der Waals surface area (Å²) in [5, 5.41) is 4.99. The van der Waals surface area contributed by atoms with E-state index >= 15 is 0 Å². The van der Waals surface area contributed by atoms with Crippen molar-refractivity contribution in [2.24, 2.45) is 5.73 Å². The molecular formula is C15H14FN3O2. The fraction of sp³-hybridized carbons (Fsp3) is 0.0667. The summed E-state index contributed by atoms with van der Waals surface area (Å²) in [6, 6.07) is 9.96. The van der Waals surface area contributed by atoms with Gasteiger partial charge in [-0.3, -0.25) is 4.79 Å². The Morgan fingerprint density at radius 2 is 1.62 bits per heavy atom. The molecule has 0 spiro atoms. The van der Waals surface area contributed by atoms with E-state index in [1.165, 1.54) is 18.2 Å². The predicted octanol–water partition coefficient (Wildman–Crippen LogP) is 2.88. The molecule has 4 N–H and O–H groups in total. The van der Waals surface area contributed by atoms with Crippen molar-refractivity contribution in [1.29, 1.82) is 0 Å². The summed E-state index contributed by atoms with van der Waals surface area (Å²) in [6.45, 7) is 1.64. The van der Waals surface area contributed by atoms with Crippen LogP contribution in [-0.4, -0.2) is 11.9 Å². The Hall–Kier alpha value is -2.89. The Morgan fingerprint density at radius 3 is 2.19 bits per heavy atom. The number of aryl methyl sites for hydroxylation is 1. The Bertz CT molecular complexity index is 684. The smallest absolute Gasteiger partial charge is 0.316 e. The van der Waals surface area contributed by atoms with E-state index in [1.54, 1.807) is 31.2 Å². The molecule has 108 valence electrons. The highest BCUT2D eigenvalue weighted by Gasteiger charge is 2.07. The minimum absolute atomic E-state index is 0.371. The number of hydrogen-bond acceptors (Lipinski definition) is 2. The molecule has 0 aromatic heterocycles. The van der Waals surface area contributed by atoms with Gasteiger partial charge in [-0.15, -0.1) is 0 Å². The van der Waals surface area contributed by atoms with E-state index in [2.05, 4.69) is 10.6 Å². The van der Waals surface area contributed by atoms with E-state index in [-0.39, 0.29) is 11.7 Å². The minimum atomic E-state index is -0.678. The van der Waals surface area contributed by atoms with Crippen molar-refractivity contribution in [3.8, 4) is 0 Å². The third-order valence-electron chi connectivity index (χ3n) is 2.84. The largest absolute Gasteiger partial charge is 0.351 e. The standard InChI is InChI=1S/C15H14FN3O2/c1-9-2-5-12(8-13(9)16)18-14(20)10-3-6-11(7-4-10)19-15(17)21/h2-8H,1H3,(H,18,20)(H3,17,19,21).